The normalized spacial score (nSPS) is 11.1. The van der Waals surface area contributed by atoms with Crippen LogP contribution in [0.5, 0.6) is 0 Å². The Bertz CT molecular complexity index is 397. The molecule has 0 saturated carbocycles. The summed E-state index contributed by atoms with van der Waals surface area (Å²) in [5, 5.41) is 9.36. The third-order valence-electron chi connectivity index (χ3n) is 4.40. The van der Waals surface area contributed by atoms with Gasteiger partial charge in [0.15, 0.2) is 0 Å². The molecule has 0 atom stereocenters. The zero-order valence-corrected chi connectivity index (χ0v) is 18.2. The van der Waals surface area contributed by atoms with E-state index in [-0.39, 0.29) is 0 Å². The van der Waals surface area contributed by atoms with Crippen molar-refractivity contribution in [2.24, 2.45) is 0 Å². The molecular formula is C20H43NO5S. The molecule has 0 bridgehead atoms. The van der Waals surface area contributed by atoms with Crippen LogP contribution in [0.4, 0.5) is 0 Å². The fourth-order valence-electron chi connectivity index (χ4n) is 2.87. The Kier molecular flexibility index (Phi) is 22.9. The largest absolute Gasteiger partial charge is 0.549 e. The maximum atomic E-state index is 9.58. The summed E-state index contributed by atoms with van der Waals surface area (Å²) < 4.78 is 26.9. The molecule has 4 N–H and O–H groups in total. The molecule has 6 nitrogen and oxygen atoms in total. The molecule has 7 heteroatoms. The number of quaternary nitrogens is 1. The van der Waals surface area contributed by atoms with Gasteiger partial charge in [-0.3, -0.25) is 4.55 Å². The number of carboxylic acids is 1. The molecule has 0 saturated heterocycles. The maximum absolute atomic E-state index is 9.58. The van der Waals surface area contributed by atoms with Crippen molar-refractivity contribution in [3.8, 4) is 0 Å². The van der Waals surface area contributed by atoms with Crippen LogP contribution in [0.15, 0.2) is 0 Å². The van der Waals surface area contributed by atoms with Crippen molar-refractivity contribution in [3.63, 3.8) is 0 Å². The summed E-state index contributed by atoms with van der Waals surface area (Å²) in [6.07, 6.45) is 23.2. The quantitative estimate of drug-likeness (QED) is 0.266. The minimum Gasteiger partial charge on any atom is -0.549 e. The molecule has 0 aliphatic carbocycles. The van der Waals surface area contributed by atoms with Crippen molar-refractivity contribution in [3.05, 3.63) is 0 Å². The van der Waals surface area contributed by atoms with Gasteiger partial charge in [-0.2, -0.15) is 8.42 Å². The SMILES string of the molecule is CCCCCCCCCCCCCCCCCC[NH3+].O=C([O-])CS(=O)(=O)O. The van der Waals surface area contributed by atoms with E-state index in [0.717, 1.165) is 6.54 Å². The van der Waals surface area contributed by atoms with Crippen LogP contribution in [0.25, 0.3) is 0 Å². The Morgan fingerprint density at radius 2 is 1.04 bits per heavy atom. The van der Waals surface area contributed by atoms with Crippen LogP contribution in [0.3, 0.4) is 0 Å². The number of carboxylic acid groups (broad SMARTS) is 1. The fourth-order valence-corrected chi connectivity index (χ4v) is 3.17. The lowest BCUT2D eigenvalue weighted by atomic mass is 10.0. The Morgan fingerprint density at radius 3 is 1.22 bits per heavy atom. The Morgan fingerprint density at radius 1 is 0.741 bits per heavy atom. The summed E-state index contributed by atoms with van der Waals surface area (Å²) in [5.74, 6) is -3.15. The van der Waals surface area contributed by atoms with Gasteiger partial charge in [0, 0.05) is 0 Å². The number of rotatable bonds is 18. The second-order valence-corrected chi connectivity index (χ2v) is 8.71. The first-order valence-corrected chi connectivity index (χ1v) is 12.4. The van der Waals surface area contributed by atoms with Crippen LogP contribution in [-0.2, 0) is 14.9 Å². The van der Waals surface area contributed by atoms with E-state index < -0.39 is 21.8 Å². The molecule has 0 unspecified atom stereocenters. The van der Waals surface area contributed by atoms with Crippen molar-refractivity contribution < 1.29 is 28.6 Å². The standard InChI is InChI=1S/C18H39N.C2H4O5S/c1-2-3-4-5-6-7-8-9-10-11-12-13-14-15-16-17-18-19;3-2(4)1-8(5,6)7/h2-19H2,1H3;1H2,(H,3,4)(H,5,6,7). The summed E-state index contributed by atoms with van der Waals surface area (Å²) in [5.41, 5.74) is 3.89. The number of carbonyl (C=O) groups excluding carboxylic acids is 1. The minimum absolute atomic E-state index is 1.12. The van der Waals surface area contributed by atoms with Crippen molar-refractivity contribution in [1.29, 1.82) is 0 Å². The van der Waals surface area contributed by atoms with Crippen molar-refractivity contribution in [2.75, 3.05) is 12.3 Å². The number of hydrogen-bond acceptors (Lipinski definition) is 4. The monoisotopic (exact) mass is 409 g/mol. The lowest BCUT2D eigenvalue weighted by Crippen LogP contribution is -2.50. The molecule has 27 heavy (non-hydrogen) atoms. The van der Waals surface area contributed by atoms with Crippen LogP contribution in [0.1, 0.15) is 110 Å². The van der Waals surface area contributed by atoms with Gasteiger partial charge >= 0.3 is 0 Å². The first-order valence-electron chi connectivity index (χ1n) is 10.8. The van der Waals surface area contributed by atoms with Gasteiger partial charge in [0.25, 0.3) is 10.1 Å². The summed E-state index contributed by atoms with van der Waals surface area (Å²) in [6.45, 7) is 3.42. The van der Waals surface area contributed by atoms with Crippen LogP contribution >= 0.6 is 0 Å². The van der Waals surface area contributed by atoms with Crippen molar-refractivity contribution >= 4 is 16.1 Å². The second kappa shape index (κ2) is 21.6. The Balaban J connectivity index is 0. The van der Waals surface area contributed by atoms with Gasteiger partial charge < -0.3 is 15.6 Å². The van der Waals surface area contributed by atoms with Crippen LogP contribution in [-0.4, -0.2) is 31.2 Å². The molecule has 0 radical (unpaired) electrons. The first kappa shape index (κ1) is 28.5. The third-order valence-corrected chi connectivity index (χ3v) is 5.00. The molecule has 0 fully saturated rings. The molecule has 0 aliphatic rings. The van der Waals surface area contributed by atoms with Gasteiger partial charge in [0.1, 0.15) is 5.75 Å². The predicted molar refractivity (Wildman–Crippen MR) is 109 cm³/mol. The molecule has 0 heterocycles. The summed E-state index contributed by atoms with van der Waals surface area (Å²) in [7, 11) is -4.39. The third kappa shape index (κ3) is 33.4. The molecule has 0 amide bonds. The maximum Gasteiger partial charge on any atom is 0.270 e. The lowest BCUT2D eigenvalue weighted by molar-refractivity contribution is -0.368. The molecule has 0 aromatic carbocycles. The van der Waals surface area contributed by atoms with Crippen molar-refractivity contribution in [1.82, 2.24) is 0 Å². The molecule has 0 spiro atoms. The zero-order valence-electron chi connectivity index (χ0n) is 17.4. The van der Waals surface area contributed by atoms with E-state index in [1.807, 2.05) is 0 Å². The van der Waals surface area contributed by atoms with E-state index in [1.165, 1.54) is 103 Å². The zero-order chi connectivity index (χ0) is 20.8. The van der Waals surface area contributed by atoms with Crippen LogP contribution < -0.4 is 10.8 Å². The van der Waals surface area contributed by atoms with Gasteiger partial charge in [-0.05, 0) is 12.8 Å². The van der Waals surface area contributed by atoms with E-state index in [4.69, 9.17) is 4.55 Å². The Labute approximate surface area is 167 Å². The highest BCUT2D eigenvalue weighted by Crippen LogP contribution is 2.13. The van der Waals surface area contributed by atoms with Crippen molar-refractivity contribution in [2.45, 2.75) is 110 Å². The van der Waals surface area contributed by atoms with Crippen LogP contribution in [0, 0.1) is 0 Å². The molecule has 0 rings (SSSR count). The number of hydrogen-bond donors (Lipinski definition) is 2. The average Bonchev–Trinajstić information content (AvgIpc) is 2.57. The second-order valence-electron chi connectivity index (χ2n) is 7.26. The van der Waals surface area contributed by atoms with Crippen LogP contribution in [0.2, 0.25) is 0 Å². The van der Waals surface area contributed by atoms with E-state index >= 15 is 0 Å². The first-order chi connectivity index (χ1) is 12.8. The van der Waals surface area contributed by atoms with Gasteiger partial charge in [0.05, 0.1) is 12.5 Å². The topological polar surface area (TPSA) is 122 Å². The smallest absolute Gasteiger partial charge is 0.270 e. The fraction of sp³-hybridized carbons (Fsp3) is 0.950. The molecular weight excluding hydrogens is 366 g/mol. The molecule has 0 aromatic rings. The number of carbonyl (C=O) groups is 1. The van der Waals surface area contributed by atoms with Gasteiger partial charge in [-0.1, -0.05) is 96.8 Å². The van der Waals surface area contributed by atoms with Gasteiger partial charge in [-0.15, -0.1) is 0 Å². The summed E-state index contributed by atoms with van der Waals surface area (Å²) in [6, 6.07) is 0. The van der Waals surface area contributed by atoms with Gasteiger partial charge in [0.2, 0.25) is 0 Å². The highest BCUT2D eigenvalue weighted by molar-refractivity contribution is 7.86. The minimum atomic E-state index is -4.39. The number of aliphatic carboxylic acids is 1. The van der Waals surface area contributed by atoms with E-state index in [0.29, 0.717) is 0 Å². The average molecular weight is 410 g/mol. The van der Waals surface area contributed by atoms with E-state index in [1.54, 1.807) is 0 Å². The predicted octanol–water partition coefficient (Wildman–Crippen LogP) is 3.11. The number of unbranched alkanes of at least 4 members (excludes halogenated alkanes) is 15. The molecule has 164 valence electrons. The molecule has 0 aliphatic heterocycles. The lowest BCUT2D eigenvalue weighted by Gasteiger charge is -2.03. The summed E-state index contributed by atoms with van der Waals surface area (Å²) in [4.78, 5) is 9.36. The molecule has 0 aromatic heterocycles. The Hall–Kier alpha value is -0.660. The van der Waals surface area contributed by atoms with E-state index in [2.05, 4.69) is 12.7 Å². The van der Waals surface area contributed by atoms with Gasteiger partial charge in [-0.25, -0.2) is 0 Å². The van der Waals surface area contributed by atoms with E-state index in [9.17, 15) is 18.3 Å². The highest BCUT2D eigenvalue weighted by atomic mass is 32.2. The highest BCUT2D eigenvalue weighted by Gasteiger charge is 2.02. The summed E-state index contributed by atoms with van der Waals surface area (Å²) >= 11 is 0.